The van der Waals surface area contributed by atoms with Crippen molar-refractivity contribution in [2.24, 2.45) is 0 Å². The predicted molar refractivity (Wildman–Crippen MR) is 83.4 cm³/mol. The topological polar surface area (TPSA) is 15.8 Å². The van der Waals surface area contributed by atoms with Crippen molar-refractivity contribution in [3.8, 4) is 0 Å². The van der Waals surface area contributed by atoms with Gasteiger partial charge in [-0.1, -0.05) is 12.1 Å². The smallest absolute Gasteiger partial charge is 0.0543 e. The third-order valence-electron chi connectivity index (χ3n) is 2.93. The molecule has 0 aliphatic carbocycles. The Kier molecular flexibility index (Phi) is 2.40. The molecule has 0 unspecified atom stereocenters. The van der Waals surface area contributed by atoms with Gasteiger partial charge in [0.15, 0.2) is 0 Å². The number of nitrogens with one attached hydrogen (secondary N) is 1. The maximum Gasteiger partial charge on any atom is 0.0543 e. The number of aromatic nitrogens is 1. The number of hydrogen-bond donors (Lipinski definition) is 1. The number of thiophene rings is 2. The van der Waals surface area contributed by atoms with Crippen LogP contribution >= 0.6 is 33.6 Å². The molecule has 0 saturated heterocycles. The maximum atomic E-state index is 3.24. The second kappa shape index (κ2) is 4.09. The van der Waals surface area contributed by atoms with Gasteiger partial charge in [-0.15, -0.1) is 33.6 Å². The first-order chi connectivity index (χ1) is 8.93. The molecule has 0 fully saturated rings. The lowest BCUT2D eigenvalue weighted by Gasteiger charge is -1.97. The van der Waals surface area contributed by atoms with E-state index in [0.29, 0.717) is 0 Å². The first-order valence-corrected chi connectivity index (χ1v) is 8.18. The van der Waals surface area contributed by atoms with E-state index in [9.17, 15) is 0 Å². The highest BCUT2D eigenvalue weighted by Gasteiger charge is 2.22. The van der Waals surface area contributed by atoms with Crippen LogP contribution in [0.5, 0.6) is 0 Å². The molecule has 3 aromatic rings. The van der Waals surface area contributed by atoms with Crippen LogP contribution < -0.4 is 0 Å². The minimum atomic E-state index is 1.34. The van der Waals surface area contributed by atoms with Crippen molar-refractivity contribution in [2.45, 2.75) is 0 Å². The zero-order chi connectivity index (χ0) is 11.9. The minimum absolute atomic E-state index is 1.34. The average Bonchev–Trinajstić information content (AvgIpc) is 3.14. The standard InChI is InChI=1S/C14H9NS3/c1-3-11(16-5-1)13-9-7-15-8-10(9)14(18-13)12-4-2-6-17-12/h1-8,15H. The molecule has 0 atom stereocenters. The first kappa shape index (κ1) is 10.6. The van der Waals surface area contributed by atoms with Crippen molar-refractivity contribution >= 4 is 43.3 Å². The molecule has 0 spiro atoms. The molecule has 0 bridgehead atoms. The van der Waals surface area contributed by atoms with E-state index in [2.05, 4.69) is 52.4 Å². The zero-order valence-corrected chi connectivity index (χ0v) is 11.8. The number of H-pyrrole nitrogens is 1. The fourth-order valence-electron chi connectivity index (χ4n) is 2.13. The second-order valence-electron chi connectivity index (χ2n) is 4.00. The molecule has 88 valence electrons. The Labute approximate surface area is 116 Å². The monoisotopic (exact) mass is 287 g/mol. The molecule has 0 amide bonds. The van der Waals surface area contributed by atoms with Crippen LogP contribution in [0.25, 0.3) is 0 Å². The van der Waals surface area contributed by atoms with Crippen LogP contribution in [0.3, 0.4) is 0 Å². The Bertz CT molecular complexity index is 693. The van der Waals surface area contributed by atoms with E-state index in [1.807, 2.05) is 10.9 Å². The summed E-state index contributed by atoms with van der Waals surface area (Å²) in [7, 11) is 1.90. The SMILES string of the molecule is c1csc(C2=S=C(c3cccs3)c3c[nH]cc32)c1. The van der Waals surface area contributed by atoms with Gasteiger partial charge < -0.3 is 4.98 Å². The van der Waals surface area contributed by atoms with Gasteiger partial charge in [0, 0.05) is 33.3 Å². The maximum absolute atomic E-state index is 3.24. The molecule has 0 aromatic carbocycles. The van der Waals surface area contributed by atoms with Gasteiger partial charge in [-0.05, 0) is 22.9 Å². The van der Waals surface area contributed by atoms with Gasteiger partial charge in [0.2, 0.25) is 0 Å². The molecule has 4 heterocycles. The molecule has 18 heavy (non-hydrogen) atoms. The van der Waals surface area contributed by atoms with E-state index in [1.54, 1.807) is 22.7 Å². The van der Waals surface area contributed by atoms with Gasteiger partial charge in [-0.2, -0.15) is 0 Å². The van der Waals surface area contributed by atoms with Gasteiger partial charge in [-0.3, -0.25) is 0 Å². The van der Waals surface area contributed by atoms with Crippen LogP contribution in [-0.2, 0) is 0 Å². The molecule has 1 N–H and O–H groups in total. The zero-order valence-electron chi connectivity index (χ0n) is 9.34. The Morgan fingerprint density at radius 3 is 1.78 bits per heavy atom. The third kappa shape index (κ3) is 1.50. The lowest BCUT2D eigenvalue weighted by molar-refractivity contribution is 1.41. The summed E-state index contributed by atoms with van der Waals surface area (Å²) in [5.41, 5.74) is 2.68. The summed E-state index contributed by atoms with van der Waals surface area (Å²) in [4.78, 5) is 8.71. The molecule has 0 radical (unpaired) electrons. The van der Waals surface area contributed by atoms with E-state index in [0.717, 1.165) is 0 Å². The van der Waals surface area contributed by atoms with Gasteiger partial charge in [0.25, 0.3) is 0 Å². The molecule has 1 aliphatic rings. The number of rotatable bonds is 2. The fraction of sp³-hybridized carbons (Fsp3) is 0. The highest BCUT2D eigenvalue weighted by atomic mass is 32.1. The van der Waals surface area contributed by atoms with E-state index in [1.165, 1.54) is 30.6 Å². The fourth-order valence-corrected chi connectivity index (χ4v) is 5.13. The van der Waals surface area contributed by atoms with Crippen molar-refractivity contribution in [1.29, 1.82) is 0 Å². The lowest BCUT2D eigenvalue weighted by atomic mass is 10.1. The quantitative estimate of drug-likeness (QED) is 0.536. The third-order valence-corrected chi connectivity index (χ3v) is 6.25. The summed E-state index contributed by atoms with van der Waals surface area (Å²) < 4.78 is 0. The normalized spacial score (nSPS) is 13.8. The van der Waals surface area contributed by atoms with Crippen LogP contribution in [0.4, 0.5) is 0 Å². The number of fused-ring (bicyclic) bond motifs is 1. The van der Waals surface area contributed by atoms with Crippen LogP contribution in [0.1, 0.15) is 20.9 Å². The number of hydrogen-bond acceptors (Lipinski definition) is 2. The summed E-state index contributed by atoms with van der Waals surface area (Å²) in [5.74, 6) is 0. The van der Waals surface area contributed by atoms with Crippen LogP contribution in [0.15, 0.2) is 47.4 Å². The van der Waals surface area contributed by atoms with Crippen LogP contribution in [0.2, 0.25) is 0 Å². The molecule has 1 nitrogen and oxygen atoms in total. The molecule has 3 aromatic heterocycles. The second-order valence-corrected chi connectivity index (χ2v) is 6.91. The minimum Gasteiger partial charge on any atom is -0.366 e. The van der Waals surface area contributed by atoms with Gasteiger partial charge in [0.1, 0.15) is 0 Å². The van der Waals surface area contributed by atoms with Gasteiger partial charge in [0.05, 0.1) is 9.73 Å². The van der Waals surface area contributed by atoms with Crippen LogP contribution in [0, 0.1) is 0 Å². The predicted octanol–water partition coefficient (Wildman–Crippen LogP) is 4.02. The molecular formula is C14H9NS3. The summed E-state index contributed by atoms with van der Waals surface area (Å²) in [6.07, 6.45) is 4.22. The van der Waals surface area contributed by atoms with Gasteiger partial charge >= 0.3 is 0 Å². The molecule has 1 aliphatic heterocycles. The lowest BCUT2D eigenvalue weighted by Crippen LogP contribution is -1.97. The van der Waals surface area contributed by atoms with Gasteiger partial charge in [-0.25, -0.2) is 0 Å². The van der Waals surface area contributed by atoms with Crippen LogP contribution in [-0.4, -0.2) is 14.7 Å². The summed E-state index contributed by atoms with van der Waals surface area (Å²) in [6.45, 7) is 0. The van der Waals surface area contributed by atoms with E-state index in [-0.39, 0.29) is 0 Å². The first-order valence-electron chi connectivity index (χ1n) is 5.60. The van der Waals surface area contributed by atoms with E-state index in [4.69, 9.17) is 0 Å². The van der Waals surface area contributed by atoms with Crippen molar-refractivity contribution < 1.29 is 0 Å². The average molecular weight is 287 g/mol. The van der Waals surface area contributed by atoms with Crippen molar-refractivity contribution in [2.75, 3.05) is 0 Å². The van der Waals surface area contributed by atoms with Crippen molar-refractivity contribution in [1.82, 2.24) is 4.98 Å². The number of aromatic amines is 1. The largest absolute Gasteiger partial charge is 0.366 e. The van der Waals surface area contributed by atoms with Crippen molar-refractivity contribution in [3.05, 3.63) is 68.3 Å². The molecule has 4 heteroatoms. The summed E-state index contributed by atoms with van der Waals surface area (Å²) in [6, 6.07) is 8.62. The van der Waals surface area contributed by atoms with Crippen molar-refractivity contribution in [3.63, 3.8) is 0 Å². The molecular weight excluding hydrogens is 278 g/mol. The van der Waals surface area contributed by atoms with E-state index >= 15 is 0 Å². The Balaban J connectivity index is 1.99. The Morgan fingerprint density at radius 2 is 1.33 bits per heavy atom. The summed E-state index contributed by atoms with van der Waals surface area (Å²) in [5, 5.41) is 4.27. The highest BCUT2D eigenvalue weighted by molar-refractivity contribution is 8.00. The molecule has 4 rings (SSSR count). The Morgan fingerprint density at radius 1 is 0.778 bits per heavy atom. The Hall–Kier alpha value is -1.36. The molecule has 0 saturated carbocycles. The highest BCUT2D eigenvalue weighted by Crippen LogP contribution is 2.30. The van der Waals surface area contributed by atoms with E-state index < -0.39 is 0 Å². The summed E-state index contributed by atoms with van der Waals surface area (Å²) >= 11 is 3.61.